The maximum absolute atomic E-state index is 11.2. The lowest BCUT2D eigenvalue weighted by atomic mass is 10.1. The first-order chi connectivity index (χ1) is 8.24. The highest BCUT2D eigenvalue weighted by Crippen LogP contribution is 2.06. The average molecular weight is 236 g/mol. The third-order valence-corrected chi connectivity index (χ3v) is 2.95. The second-order valence-electron chi connectivity index (χ2n) is 4.56. The molecule has 1 aromatic heterocycles. The number of nitrogens with zero attached hydrogens (tertiary/aromatic N) is 1. The molecule has 0 saturated heterocycles. The van der Waals surface area contributed by atoms with Crippen molar-refractivity contribution < 1.29 is 0 Å². The molecule has 0 unspecified atom stereocenters. The predicted molar refractivity (Wildman–Crippen MR) is 73.5 cm³/mol. The van der Waals surface area contributed by atoms with Crippen LogP contribution in [0.15, 0.2) is 23.1 Å². The topological polar surface area (TPSA) is 34.0 Å². The number of anilines is 1. The SMILES string of the molecule is CCCCCCCCNc1ccc(=O)n(C)c1. The van der Waals surface area contributed by atoms with E-state index in [1.807, 2.05) is 12.3 Å². The van der Waals surface area contributed by atoms with Crippen molar-refractivity contribution >= 4 is 5.69 Å². The number of hydrogen-bond acceptors (Lipinski definition) is 2. The number of nitrogens with one attached hydrogen (secondary N) is 1. The molecule has 0 amide bonds. The molecule has 0 fully saturated rings. The summed E-state index contributed by atoms with van der Waals surface area (Å²) in [5.41, 5.74) is 1.07. The first kappa shape index (κ1) is 13.8. The molecule has 0 aliphatic carbocycles. The summed E-state index contributed by atoms with van der Waals surface area (Å²) in [6, 6.07) is 3.45. The van der Waals surface area contributed by atoms with Crippen molar-refractivity contribution in [2.24, 2.45) is 7.05 Å². The largest absolute Gasteiger partial charge is 0.384 e. The molecule has 1 rings (SSSR count). The minimum atomic E-state index is 0.0371. The Morgan fingerprint density at radius 3 is 2.53 bits per heavy atom. The Labute approximate surface area is 104 Å². The van der Waals surface area contributed by atoms with E-state index in [1.165, 1.54) is 38.5 Å². The summed E-state index contributed by atoms with van der Waals surface area (Å²) in [4.78, 5) is 11.2. The first-order valence-corrected chi connectivity index (χ1v) is 6.64. The van der Waals surface area contributed by atoms with E-state index in [4.69, 9.17) is 0 Å². The Balaban J connectivity index is 2.14. The molecule has 1 heterocycles. The van der Waals surface area contributed by atoms with Crippen molar-refractivity contribution in [1.29, 1.82) is 0 Å². The zero-order valence-corrected chi connectivity index (χ0v) is 11.0. The fourth-order valence-corrected chi connectivity index (χ4v) is 1.84. The van der Waals surface area contributed by atoms with E-state index in [0.29, 0.717) is 0 Å². The summed E-state index contributed by atoms with van der Waals surface area (Å²) >= 11 is 0. The summed E-state index contributed by atoms with van der Waals surface area (Å²) < 4.78 is 1.60. The van der Waals surface area contributed by atoms with Crippen LogP contribution < -0.4 is 10.9 Å². The normalized spacial score (nSPS) is 10.5. The number of aryl methyl sites for hydroxylation is 1. The van der Waals surface area contributed by atoms with Gasteiger partial charge >= 0.3 is 0 Å². The molecule has 1 aromatic rings. The number of aromatic nitrogens is 1. The fourth-order valence-electron chi connectivity index (χ4n) is 1.84. The van der Waals surface area contributed by atoms with Gasteiger partial charge in [0, 0.05) is 25.9 Å². The average Bonchev–Trinajstić information content (AvgIpc) is 2.32. The molecule has 0 aliphatic heterocycles. The highest BCUT2D eigenvalue weighted by atomic mass is 16.1. The van der Waals surface area contributed by atoms with Gasteiger partial charge in [-0.25, -0.2) is 0 Å². The molecule has 3 heteroatoms. The van der Waals surface area contributed by atoms with Crippen LogP contribution in [-0.4, -0.2) is 11.1 Å². The molecule has 0 aliphatic rings. The van der Waals surface area contributed by atoms with Gasteiger partial charge in [0.25, 0.3) is 0 Å². The molecule has 0 atom stereocenters. The van der Waals surface area contributed by atoms with Gasteiger partial charge in [-0.3, -0.25) is 4.79 Å². The number of rotatable bonds is 8. The molecule has 0 spiro atoms. The first-order valence-electron chi connectivity index (χ1n) is 6.64. The van der Waals surface area contributed by atoms with E-state index in [9.17, 15) is 4.79 Å². The van der Waals surface area contributed by atoms with Gasteiger partial charge in [0.2, 0.25) is 5.56 Å². The van der Waals surface area contributed by atoms with Gasteiger partial charge in [-0.2, -0.15) is 0 Å². The molecule has 17 heavy (non-hydrogen) atoms. The van der Waals surface area contributed by atoms with Gasteiger partial charge in [0.15, 0.2) is 0 Å². The predicted octanol–water partition coefficient (Wildman–Crippen LogP) is 3.16. The summed E-state index contributed by atoms with van der Waals surface area (Å²) in [5, 5.41) is 3.34. The Kier molecular flexibility index (Phi) is 6.45. The molecular formula is C14H24N2O. The second-order valence-corrected chi connectivity index (χ2v) is 4.56. The van der Waals surface area contributed by atoms with Crippen molar-refractivity contribution in [3.8, 4) is 0 Å². The van der Waals surface area contributed by atoms with Crippen molar-refractivity contribution in [1.82, 2.24) is 4.57 Å². The third kappa shape index (κ3) is 5.57. The van der Waals surface area contributed by atoms with Crippen molar-refractivity contribution in [2.45, 2.75) is 45.4 Å². The smallest absolute Gasteiger partial charge is 0.250 e. The van der Waals surface area contributed by atoms with Gasteiger partial charge in [0.05, 0.1) is 5.69 Å². The van der Waals surface area contributed by atoms with E-state index in [-0.39, 0.29) is 5.56 Å². The Bertz CT molecular complexity index is 371. The van der Waals surface area contributed by atoms with Crippen molar-refractivity contribution in [2.75, 3.05) is 11.9 Å². The van der Waals surface area contributed by atoms with Crippen LogP contribution in [0, 0.1) is 0 Å². The van der Waals surface area contributed by atoms with Gasteiger partial charge < -0.3 is 9.88 Å². The van der Waals surface area contributed by atoms with Gasteiger partial charge in [-0.15, -0.1) is 0 Å². The molecule has 0 radical (unpaired) electrons. The number of pyridine rings is 1. The molecule has 96 valence electrons. The lowest BCUT2D eigenvalue weighted by Gasteiger charge is -2.07. The standard InChI is InChI=1S/C14H24N2O/c1-3-4-5-6-7-8-11-15-13-9-10-14(17)16(2)12-13/h9-10,12,15H,3-8,11H2,1-2H3. The molecule has 1 N–H and O–H groups in total. The second kappa shape index (κ2) is 7.93. The van der Waals surface area contributed by atoms with E-state index >= 15 is 0 Å². The van der Waals surface area contributed by atoms with E-state index < -0.39 is 0 Å². The minimum absolute atomic E-state index is 0.0371. The highest BCUT2D eigenvalue weighted by molar-refractivity contribution is 5.39. The summed E-state index contributed by atoms with van der Waals surface area (Å²) in [7, 11) is 1.78. The Morgan fingerprint density at radius 2 is 1.82 bits per heavy atom. The quantitative estimate of drug-likeness (QED) is 0.703. The van der Waals surface area contributed by atoms with E-state index in [2.05, 4.69) is 12.2 Å². The minimum Gasteiger partial charge on any atom is -0.384 e. The van der Waals surface area contributed by atoms with Crippen LogP contribution >= 0.6 is 0 Å². The summed E-state index contributed by atoms with van der Waals surface area (Å²) in [6.45, 7) is 3.23. The number of hydrogen-bond donors (Lipinski definition) is 1. The number of unbranched alkanes of at least 4 members (excludes halogenated alkanes) is 5. The van der Waals surface area contributed by atoms with Gasteiger partial charge in [-0.05, 0) is 12.5 Å². The van der Waals surface area contributed by atoms with E-state index in [0.717, 1.165) is 12.2 Å². The van der Waals surface area contributed by atoms with Crippen LogP contribution in [0.5, 0.6) is 0 Å². The maximum atomic E-state index is 11.2. The van der Waals surface area contributed by atoms with Crippen LogP contribution in [0.1, 0.15) is 45.4 Å². The summed E-state index contributed by atoms with van der Waals surface area (Å²) in [5.74, 6) is 0. The van der Waals surface area contributed by atoms with Crippen LogP contribution in [0.4, 0.5) is 5.69 Å². The van der Waals surface area contributed by atoms with Gasteiger partial charge in [0.1, 0.15) is 0 Å². The van der Waals surface area contributed by atoms with E-state index in [1.54, 1.807) is 17.7 Å². The monoisotopic (exact) mass is 236 g/mol. The fraction of sp³-hybridized carbons (Fsp3) is 0.643. The van der Waals surface area contributed by atoms with Crippen molar-refractivity contribution in [3.63, 3.8) is 0 Å². The molecule has 0 bridgehead atoms. The van der Waals surface area contributed by atoms with Crippen LogP contribution in [0.2, 0.25) is 0 Å². The lowest BCUT2D eigenvalue weighted by molar-refractivity contribution is 0.617. The molecular weight excluding hydrogens is 212 g/mol. The van der Waals surface area contributed by atoms with Crippen LogP contribution in [-0.2, 0) is 7.05 Å². The maximum Gasteiger partial charge on any atom is 0.250 e. The molecule has 3 nitrogen and oxygen atoms in total. The lowest BCUT2D eigenvalue weighted by Crippen LogP contribution is -2.15. The Hall–Kier alpha value is -1.25. The van der Waals surface area contributed by atoms with Crippen molar-refractivity contribution in [3.05, 3.63) is 28.7 Å². The zero-order chi connectivity index (χ0) is 12.5. The molecule has 0 saturated carbocycles. The highest BCUT2D eigenvalue weighted by Gasteiger charge is 1.94. The van der Waals surface area contributed by atoms with Crippen LogP contribution in [0.25, 0.3) is 0 Å². The third-order valence-electron chi connectivity index (χ3n) is 2.95. The zero-order valence-electron chi connectivity index (χ0n) is 11.0. The van der Waals surface area contributed by atoms with Gasteiger partial charge in [-0.1, -0.05) is 39.0 Å². The Morgan fingerprint density at radius 1 is 1.12 bits per heavy atom. The van der Waals surface area contributed by atoms with Crippen LogP contribution in [0.3, 0.4) is 0 Å². The summed E-state index contributed by atoms with van der Waals surface area (Å²) in [6.07, 6.45) is 9.69. The molecule has 0 aromatic carbocycles.